The first kappa shape index (κ1) is 16.5. The summed E-state index contributed by atoms with van der Waals surface area (Å²) in [6.45, 7) is 1.82. The maximum absolute atomic E-state index is 12.0. The molecular weight excluding hydrogens is 320 g/mol. The molecule has 3 rings (SSSR count). The number of methoxy groups -OCH3 is 1. The van der Waals surface area contributed by atoms with Gasteiger partial charge in [-0.2, -0.15) is 0 Å². The first-order valence-electron chi connectivity index (χ1n) is 7.64. The van der Waals surface area contributed by atoms with Crippen molar-refractivity contribution < 1.29 is 18.7 Å². The second-order valence-corrected chi connectivity index (χ2v) is 5.40. The van der Waals surface area contributed by atoms with Gasteiger partial charge in [0.15, 0.2) is 0 Å². The number of hydrogen-bond acceptors (Lipinski definition) is 5. The van der Waals surface area contributed by atoms with E-state index in [0.29, 0.717) is 17.1 Å². The van der Waals surface area contributed by atoms with Crippen LogP contribution in [0.15, 0.2) is 63.8 Å². The molecule has 0 spiro atoms. The molecule has 2 aromatic carbocycles. The van der Waals surface area contributed by atoms with Crippen LogP contribution in [-0.4, -0.2) is 13.1 Å². The average Bonchev–Trinajstić information content (AvgIpc) is 2.59. The lowest BCUT2D eigenvalue weighted by molar-refractivity contribution is -0.128. The Morgan fingerprint density at radius 1 is 1.12 bits per heavy atom. The molecule has 5 nitrogen and oxygen atoms in total. The van der Waals surface area contributed by atoms with Crippen LogP contribution in [0.1, 0.15) is 11.1 Å². The van der Waals surface area contributed by atoms with Gasteiger partial charge in [0.25, 0.3) is 0 Å². The van der Waals surface area contributed by atoms with E-state index in [0.717, 1.165) is 16.5 Å². The van der Waals surface area contributed by atoms with Gasteiger partial charge in [-0.15, -0.1) is 0 Å². The van der Waals surface area contributed by atoms with E-state index in [1.807, 2.05) is 25.1 Å². The first-order valence-corrected chi connectivity index (χ1v) is 7.64. The Morgan fingerprint density at radius 3 is 2.72 bits per heavy atom. The molecule has 0 amide bonds. The van der Waals surface area contributed by atoms with E-state index < -0.39 is 11.6 Å². The molecule has 0 atom stereocenters. The third-order valence-electron chi connectivity index (χ3n) is 3.68. The molecule has 5 heteroatoms. The molecule has 126 valence electrons. The Labute approximate surface area is 144 Å². The van der Waals surface area contributed by atoms with Crippen LogP contribution in [0, 0.1) is 6.92 Å². The Morgan fingerprint density at radius 2 is 1.92 bits per heavy atom. The minimum Gasteiger partial charge on any atom is -0.496 e. The number of carbonyl (C=O) groups is 1. The van der Waals surface area contributed by atoms with Crippen molar-refractivity contribution in [1.82, 2.24) is 0 Å². The quantitative estimate of drug-likeness (QED) is 0.314. The fourth-order valence-corrected chi connectivity index (χ4v) is 2.48. The van der Waals surface area contributed by atoms with Crippen molar-refractivity contribution in [1.29, 1.82) is 0 Å². The number of benzene rings is 2. The largest absolute Gasteiger partial charge is 0.496 e. The zero-order chi connectivity index (χ0) is 17.8. The molecule has 0 aliphatic rings. The highest BCUT2D eigenvalue weighted by Crippen LogP contribution is 2.23. The summed E-state index contributed by atoms with van der Waals surface area (Å²) in [7, 11) is 1.57. The normalized spacial score (nSPS) is 11.0. The summed E-state index contributed by atoms with van der Waals surface area (Å²) in [5, 5.41) is 0.795. The predicted molar refractivity (Wildman–Crippen MR) is 94.9 cm³/mol. The molecular formula is C20H16O5. The van der Waals surface area contributed by atoms with Crippen LogP contribution in [0.4, 0.5) is 0 Å². The van der Waals surface area contributed by atoms with Gasteiger partial charge in [-0.05, 0) is 36.8 Å². The molecule has 0 radical (unpaired) electrons. The molecule has 0 unspecified atom stereocenters. The van der Waals surface area contributed by atoms with Gasteiger partial charge in [0, 0.05) is 29.2 Å². The fraction of sp³-hybridized carbons (Fsp3) is 0.100. The summed E-state index contributed by atoms with van der Waals surface area (Å²) < 4.78 is 15.6. The van der Waals surface area contributed by atoms with Gasteiger partial charge in [0.1, 0.15) is 17.1 Å². The van der Waals surface area contributed by atoms with Gasteiger partial charge < -0.3 is 13.9 Å². The van der Waals surface area contributed by atoms with Crippen LogP contribution in [0.2, 0.25) is 0 Å². The molecule has 0 N–H and O–H groups in total. The number of rotatable bonds is 4. The summed E-state index contributed by atoms with van der Waals surface area (Å²) in [5.74, 6) is 0.422. The second-order valence-electron chi connectivity index (χ2n) is 5.40. The lowest BCUT2D eigenvalue weighted by Crippen LogP contribution is -2.04. The van der Waals surface area contributed by atoms with Gasteiger partial charge in [0.05, 0.1) is 7.11 Å². The topological polar surface area (TPSA) is 65.7 Å². The van der Waals surface area contributed by atoms with Crippen molar-refractivity contribution in [2.24, 2.45) is 0 Å². The molecule has 0 saturated carbocycles. The number of fused-ring (bicyclic) bond motifs is 1. The maximum Gasteiger partial charge on any atom is 0.336 e. The van der Waals surface area contributed by atoms with Gasteiger partial charge in [-0.1, -0.05) is 18.2 Å². The van der Waals surface area contributed by atoms with Gasteiger partial charge in [0.2, 0.25) is 0 Å². The Kier molecular flexibility index (Phi) is 4.66. The summed E-state index contributed by atoms with van der Waals surface area (Å²) in [6, 6.07) is 13.7. The fourth-order valence-electron chi connectivity index (χ4n) is 2.48. The lowest BCUT2D eigenvalue weighted by Gasteiger charge is -2.05. The van der Waals surface area contributed by atoms with E-state index in [4.69, 9.17) is 13.9 Å². The zero-order valence-corrected chi connectivity index (χ0v) is 13.8. The molecule has 0 fully saturated rings. The molecule has 25 heavy (non-hydrogen) atoms. The minimum absolute atomic E-state index is 0.302. The Bertz CT molecular complexity index is 1010. The zero-order valence-electron chi connectivity index (χ0n) is 13.8. The summed E-state index contributed by atoms with van der Waals surface area (Å²) in [4.78, 5) is 23.5. The SMILES string of the molecule is COc1ccccc1/C=C/C(=O)Oc1ccc2c(C)cc(=O)oc2c1. The highest BCUT2D eigenvalue weighted by molar-refractivity contribution is 5.90. The maximum atomic E-state index is 12.0. The van der Waals surface area contributed by atoms with Crippen molar-refractivity contribution in [3.05, 3.63) is 76.2 Å². The van der Waals surface area contributed by atoms with E-state index in [2.05, 4.69) is 0 Å². The van der Waals surface area contributed by atoms with Crippen LogP contribution in [0.25, 0.3) is 17.0 Å². The second kappa shape index (κ2) is 7.05. The Hall–Kier alpha value is -3.34. The highest BCUT2D eigenvalue weighted by atomic mass is 16.5. The van der Waals surface area contributed by atoms with E-state index >= 15 is 0 Å². The number of para-hydroxylation sites is 1. The standard InChI is InChI=1S/C20H16O5/c1-13-11-20(22)25-18-12-15(8-9-16(13)18)24-19(21)10-7-14-5-3-4-6-17(14)23-2/h3-12H,1-2H3/b10-7+. The van der Waals surface area contributed by atoms with Crippen molar-refractivity contribution in [3.8, 4) is 11.5 Å². The van der Waals surface area contributed by atoms with E-state index in [-0.39, 0.29) is 0 Å². The van der Waals surface area contributed by atoms with Crippen LogP contribution < -0.4 is 15.1 Å². The smallest absolute Gasteiger partial charge is 0.336 e. The van der Waals surface area contributed by atoms with Crippen LogP contribution >= 0.6 is 0 Å². The lowest BCUT2D eigenvalue weighted by atomic mass is 10.1. The molecule has 1 aromatic heterocycles. The van der Waals surface area contributed by atoms with Crippen molar-refractivity contribution >= 4 is 23.0 Å². The van der Waals surface area contributed by atoms with Crippen LogP contribution in [-0.2, 0) is 4.79 Å². The number of esters is 1. The van der Waals surface area contributed by atoms with Crippen molar-refractivity contribution in [3.63, 3.8) is 0 Å². The van der Waals surface area contributed by atoms with Gasteiger partial charge in [-0.25, -0.2) is 9.59 Å². The van der Waals surface area contributed by atoms with Crippen molar-refractivity contribution in [2.75, 3.05) is 7.11 Å². The number of hydrogen-bond donors (Lipinski definition) is 0. The third kappa shape index (κ3) is 3.77. The highest BCUT2D eigenvalue weighted by Gasteiger charge is 2.07. The van der Waals surface area contributed by atoms with Crippen molar-refractivity contribution in [2.45, 2.75) is 6.92 Å². The average molecular weight is 336 g/mol. The molecule has 3 aromatic rings. The Balaban J connectivity index is 1.80. The molecule has 1 heterocycles. The summed E-state index contributed by atoms with van der Waals surface area (Å²) in [5.41, 5.74) is 1.51. The first-order chi connectivity index (χ1) is 12.1. The molecule has 0 aliphatic carbocycles. The predicted octanol–water partition coefficient (Wildman–Crippen LogP) is 3.73. The number of ether oxygens (including phenoxy) is 2. The number of aryl methyl sites for hydroxylation is 1. The van der Waals surface area contributed by atoms with Crippen LogP contribution in [0.5, 0.6) is 11.5 Å². The van der Waals surface area contributed by atoms with E-state index in [1.165, 1.54) is 18.2 Å². The van der Waals surface area contributed by atoms with E-state index in [9.17, 15) is 9.59 Å². The third-order valence-corrected chi connectivity index (χ3v) is 3.68. The summed E-state index contributed by atoms with van der Waals surface area (Å²) in [6.07, 6.45) is 2.93. The van der Waals surface area contributed by atoms with Gasteiger partial charge >= 0.3 is 11.6 Å². The molecule has 0 aliphatic heterocycles. The van der Waals surface area contributed by atoms with E-state index in [1.54, 1.807) is 31.4 Å². The van der Waals surface area contributed by atoms with Gasteiger partial charge in [-0.3, -0.25) is 0 Å². The minimum atomic E-state index is -0.541. The van der Waals surface area contributed by atoms with Crippen LogP contribution in [0.3, 0.4) is 0 Å². The monoisotopic (exact) mass is 336 g/mol. The molecule has 0 bridgehead atoms. The summed E-state index contributed by atoms with van der Waals surface area (Å²) >= 11 is 0. The number of carbonyl (C=O) groups excluding carboxylic acids is 1. The molecule has 0 saturated heterocycles.